The van der Waals surface area contributed by atoms with Crippen LogP contribution in [0, 0.1) is 0 Å². The van der Waals surface area contributed by atoms with Crippen molar-refractivity contribution in [1.29, 1.82) is 0 Å². The Hall–Kier alpha value is -0.420. The Balaban J connectivity index is 2.53. The van der Waals surface area contributed by atoms with Crippen LogP contribution in [0.5, 0.6) is 0 Å². The Kier molecular flexibility index (Phi) is 9.92. The van der Waals surface area contributed by atoms with Crippen LogP contribution in [0.2, 0.25) is 0 Å². The molecule has 0 aliphatic carbocycles. The minimum Gasteiger partial charge on any atom is -0.380 e. The standard InChI is InChI=1S/C17H29BrN2O/c1-4-9-19-13-15-7-8-16(17(18)12-15)14-20(5-2)10-11-21-6-3/h7-8,12,19H,4-6,9-11,13-14H2,1-3H3. The quantitative estimate of drug-likeness (QED) is 0.610. The van der Waals surface area contributed by atoms with Gasteiger partial charge in [-0.3, -0.25) is 4.90 Å². The maximum atomic E-state index is 5.45. The second kappa shape index (κ2) is 11.2. The maximum Gasteiger partial charge on any atom is 0.0593 e. The Bertz CT molecular complexity index is 398. The zero-order valence-electron chi connectivity index (χ0n) is 13.6. The van der Waals surface area contributed by atoms with Crippen molar-refractivity contribution in [2.24, 2.45) is 0 Å². The predicted molar refractivity (Wildman–Crippen MR) is 93.6 cm³/mol. The van der Waals surface area contributed by atoms with Crippen LogP contribution in [-0.2, 0) is 17.8 Å². The number of nitrogens with one attached hydrogen (secondary N) is 1. The van der Waals surface area contributed by atoms with E-state index >= 15 is 0 Å². The smallest absolute Gasteiger partial charge is 0.0593 e. The third kappa shape index (κ3) is 7.41. The van der Waals surface area contributed by atoms with E-state index < -0.39 is 0 Å². The van der Waals surface area contributed by atoms with Gasteiger partial charge in [0.05, 0.1) is 6.61 Å². The van der Waals surface area contributed by atoms with Gasteiger partial charge in [0.2, 0.25) is 0 Å². The molecule has 0 bridgehead atoms. The molecule has 0 aromatic heterocycles. The maximum absolute atomic E-state index is 5.45. The van der Waals surface area contributed by atoms with Gasteiger partial charge in [-0.15, -0.1) is 0 Å². The van der Waals surface area contributed by atoms with E-state index in [-0.39, 0.29) is 0 Å². The van der Waals surface area contributed by atoms with E-state index in [0.717, 1.165) is 45.9 Å². The van der Waals surface area contributed by atoms with Crippen LogP contribution in [0.4, 0.5) is 0 Å². The van der Waals surface area contributed by atoms with E-state index in [9.17, 15) is 0 Å². The van der Waals surface area contributed by atoms with Crippen molar-refractivity contribution in [2.75, 3.05) is 32.8 Å². The van der Waals surface area contributed by atoms with Crippen molar-refractivity contribution >= 4 is 15.9 Å². The first kappa shape index (κ1) is 18.6. The van der Waals surface area contributed by atoms with Gasteiger partial charge in [0, 0.05) is 30.7 Å². The molecule has 4 heteroatoms. The number of rotatable bonds is 11. The second-order valence-electron chi connectivity index (χ2n) is 5.17. The molecule has 1 aromatic carbocycles. The molecule has 21 heavy (non-hydrogen) atoms. The van der Waals surface area contributed by atoms with Crippen molar-refractivity contribution in [3.8, 4) is 0 Å². The molecule has 1 N–H and O–H groups in total. The van der Waals surface area contributed by atoms with Crippen LogP contribution in [0.15, 0.2) is 22.7 Å². The molecule has 0 atom stereocenters. The fourth-order valence-corrected chi connectivity index (χ4v) is 2.72. The highest BCUT2D eigenvalue weighted by Crippen LogP contribution is 2.20. The number of nitrogens with zero attached hydrogens (tertiary/aromatic N) is 1. The Morgan fingerprint density at radius 3 is 2.67 bits per heavy atom. The van der Waals surface area contributed by atoms with Gasteiger partial charge in [-0.1, -0.05) is 41.9 Å². The summed E-state index contributed by atoms with van der Waals surface area (Å²) in [5.41, 5.74) is 2.67. The number of likely N-dealkylation sites (N-methyl/N-ethyl adjacent to an activating group) is 1. The normalized spacial score (nSPS) is 11.3. The fraction of sp³-hybridized carbons (Fsp3) is 0.647. The van der Waals surface area contributed by atoms with E-state index in [1.807, 2.05) is 6.92 Å². The van der Waals surface area contributed by atoms with Gasteiger partial charge in [-0.25, -0.2) is 0 Å². The van der Waals surface area contributed by atoms with E-state index in [2.05, 4.69) is 58.2 Å². The van der Waals surface area contributed by atoms with Crippen molar-refractivity contribution < 1.29 is 4.74 Å². The molecule has 0 amide bonds. The zero-order chi connectivity index (χ0) is 15.5. The molecular weight excluding hydrogens is 328 g/mol. The molecule has 1 rings (SSSR count). The van der Waals surface area contributed by atoms with Gasteiger partial charge in [-0.2, -0.15) is 0 Å². The number of benzene rings is 1. The average molecular weight is 357 g/mol. The number of halogens is 1. The summed E-state index contributed by atoms with van der Waals surface area (Å²) >= 11 is 3.71. The van der Waals surface area contributed by atoms with Crippen LogP contribution >= 0.6 is 15.9 Å². The summed E-state index contributed by atoms with van der Waals surface area (Å²) in [6.45, 7) is 13.0. The molecule has 1 aromatic rings. The second-order valence-corrected chi connectivity index (χ2v) is 6.02. The molecule has 120 valence electrons. The lowest BCUT2D eigenvalue weighted by Gasteiger charge is -2.21. The molecule has 0 spiro atoms. The largest absolute Gasteiger partial charge is 0.380 e. The number of ether oxygens (including phenoxy) is 1. The van der Waals surface area contributed by atoms with Gasteiger partial charge in [0.1, 0.15) is 0 Å². The summed E-state index contributed by atoms with van der Waals surface area (Å²) in [6.07, 6.45) is 1.17. The van der Waals surface area contributed by atoms with Crippen LogP contribution in [0.3, 0.4) is 0 Å². The Morgan fingerprint density at radius 1 is 1.24 bits per heavy atom. The van der Waals surface area contributed by atoms with Crippen molar-refractivity contribution in [3.05, 3.63) is 33.8 Å². The van der Waals surface area contributed by atoms with Gasteiger partial charge in [0.15, 0.2) is 0 Å². The van der Waals surface area contributed by atoms with Crippen molar-refractivity contribution in [1.82, 2.24) is 10.2 Å². The van der Waals surface area contributed by atoms with Crippen LogP contribution < -0.4 is 5.32 Å². The van der Waals surface area contributed by atoms with E-state index in [4.69, 9.17) is 4.74 Å². The minimum absolute atomic E-state index is 0.792. The zero-order valence-corrected chi connectivity index (χ0v) is 15.2. The van der Waals surface area contributed by atoms with Crippen LogP contribution in [-0.4, -0.2) is 37.7 Å². The lowest BCUT2D eigenvalue weighted by atomic mass is 10.1. The topological polar surface area (TPSA) is 24.5 Å². The van der Waals surface area contributed by atoms with E-state index in [0.29, 0.717) is 0 Å². The van der Waals surface area contributed by atoms with Gasteiger partial charge in [-0.05, 0) is 43.6 Å². The predicted octanol–water partition coefficient (Wildman–Crippen LogP) is 3.81. The Labute approximate surface area is 138 Å². The third-order valence-electron chi connectivity index (χ3n) is 3.47. The SMILES string of the molecule is CCCNCc1ccc(CN(CC)CCOCC)c(Br)c1. The lowest BCUT2D eigenvalue weighted by molar-refractivity contribution is 0.113. The highest BCUT2D eigenvalue weighted by molar-refractivity contribution is 9.10. The summed E-state index contributed by atoms with van der Waals surface area (Å²) in [6, 6.07) is 6.68. The lowest BCUT2D eigenvalue weighted by Crippen LogP contribution is -2.27. The highest BCUT2D eigenvalue weighted by atomic mass is 79.9. The van der Waals surface area contributed by atoms with Gasteiger partial charge >= 0.3 is 0 Å². The van der Waals surface area contributed by atoms with Gasteiger partial charge in [0.25, 0.3) is 0 Å². The first-order valence-electron chi connectivity index (χ1n) is 7.99. The summed E-state index contributed by atoms with van der Waals surface area (Å²) in [4.78, 5) is 2.41. The molecule has 0 aliphatic rings. The average Bonchev–Trinajstić information content (AvgIpc) is 2.49. The van der Waals surface area contributed by atoms with Crippen molar-refractivity contribution in [3.63, 3.8) is 0 Å². The number of hydrogen-bond acceptors (Lipinski definition) is 3. The molecule has 0 saturated heterocycles. The first-order chi connectivity index (χ1) is 10.2. The minimum atomic E-state index is 0.792. The summed E-state index contributed by atoms with van der Waals surface area (Å²) < 4.78 is 6.65. The molecule has 3 nitrogen and oxygen atoms in total. The van der Waals surface area contributed by atoms with Crippen LogP contribution in [0.1, 0.15) is 38.3 Å². The Morgan fingerprint density at radius 2 is 2.05 bits per heavy atom. The van der Waals surface area contributed by atoms with Gasteiger partial charge < -0.3 is 10.1 Å². The molecule has 0 fully saturated rings. The first-order valence-corrected chi connectivity index (χ1v) is 8.78. The summed E-state index contributed by atoms with van der Waals surface area (Å²) in [5.74, 6) is 0. The monoisotopic (exact) mass is 356 g/mol. The summed E-state index contributed by atoms with van der Waals surface area (Å²) in [7, 11) is 0. The molecule has 0 aliphatic heterocycles. The molecular formula is C17H29BrN2O. The number of hydrogen-bond donors (Lipinski definition) is 1. The third-order valence-corrected chi connectivity index (χ3v) is 4.21. The van der Waals surface area contributed by atoms with E-state index in [1.165, 1.54) is 22.0 Å². The molecule has 0 saturated carbocycles. The highest BCUT2D eigenvalue weighted by Gasteiger charge is 2.07. The molecule has 0 heterocycles. The molecule has 0 radical (unpaired) electrons. The molecule has 0 unspecified atom stereocenters. The fourth-order valence-electron chi connectivity index (χ4n) is 2.17. The van der Waals surface area contributed by atoms with E-state index in [1.54, 1.807) is 0 Å². The van der Waals surface area contributed by atoms with Crippen LogP contribution in [0.25, 0.3) is 0 Å². The van der Waals surface area contributed by atoms with Crippen molar-refractivity contribution in [2.45, 2.75) is 40.3 Å². The summed E-state index contributed by atoms with van der Waals surface area (Å²) in [5, 5.41) is 3.44.